The van der Waals surface area contributed by atoms with Crippen LogP contribution in [0.4, 0.5) is 5.88 Å². The highest BCUT2D eigenvalue weighted by Gasteiger charge is 2.19. The Hall–Kier alpha value is -2.89. The molecule has 0 aliphatic carbocycles. The van der Waals surface area contributed by atoms with Crippen molar-refractivity contribution in [2.75, 3.05) is 5.32 Å². The van der Waals surface area contributed by atoms with Gasteiger partial charge in [0, 0.05) is 5.02 Å². The summed E-state index contributed by atoms with van der Waals surface area (Å²) in [7, 11) is 0. The first-order valence-electron chi connectivity index (χ1n) is 7.80. The Morgan fingerprint density at radius 1 is 1.00 bits per heavy atom. The number of fused-ring (bicyclic) bond motifs is 1. The molecule has 0 saturated carbocycles. The number of halogens is 1. The van der Waals surface area contributed by atoms with Crippen LogP contribution < -0.4 is 10.7 Å². The molecule has 4 rings (SSSR count). The molecule has 0 radical (unpaired) electrons. The van der Waals surface area contributed by atoms with E-state index in [9.17, 15) is 9.59 Å². The summed E-state index contributed by atoms with van der Waals surface area (Å²) < 4.78 is 5.87. The standard InChI is InChI=1S/C20H12ClNO3S/c21-13-9-7-12(8-10-13)17-18(23)14-4-1-2-5-15(14)25-20(17)22-19(24)16-6-3-11-26-16/h1-11H,(H,22,24). The Balaban J connectivity index is 1.92. The smallest absolute Gasteiger partial charge is 0.268 e. The summed E-state index contributed by atoms with van der Waals surface area (Å²) in [4.78, 5) is 26.1. The second kappa shape index (κ2) is 6.78. The van der Waals surface area contributed by atoms with Crippen molar-refractivity contribution in [1.82, 2.24) is 0 Å². The summed E-state index contributed by atoms with van der Waals surface area (Å²) in [6.07, 6.45) is 0. The maximum absolute atomic E-state index is 13.1. The van der Waals surface area contributed by atoms with Crippen LogP contribution in [0.3, 0.4) is 0 Å². The fourth-order valence-electron chi connectivity index (χ4n) is 2.68. The van der Waals surface area contributed by atoms with Crippen LogP contribution in [0.2, 0.25) is 5.02 Å². The van der Waals surface area contributed by atoms with Crippen LogP contribution in [0.25, 0.3) is 22.1 Å². The Kier molecular flexibility index (Phi) is 4.32. The van der Waals surface area contributed by atoms with E-state index in [4.69, 9.17) is 16.0 Å². The molecule has 4 nitrogen and oxygen atoms in total. The van der Waals surface area contributed by atoms with E-state index in [0.717, 1.165) is 0 Å². The van der Waals surface area contributed by atoms with Crippen LogP contribution in [0.5, 0.6) is 0 Å². The van der Waals surface area contributed by atoms with E-state index in [1.54, 1.807) is 60.7 Å². The number of carbonyl (C=O) groups excluding carboxylic acids is 1. The predicted molar refractivity (Wildman–Crippen MR) is 105 cm³/mol. The zero-order chi connectivity index (χ0) is 18.1. The first kappa shape index (κ1) is 16.6. The van der Waals surface area contributed by atoms with Gasteiger partial charge in [-0.25, -0.2) is 0 Å². The minimum atomic E-state index is -0.325. The predicted octanol–water partition coefficient (Wildman–Crippen LogP) is 5.43. The highest BCUT2D eigenvalue weighted by molar-refractivity contribution is 7.12. The fraction of sp³-hybridized carbons (Fsp3) is 0. The third-order valence-corrected chi connectivity index (χ3v) is 5.02. The van der Waals surface area contributed by atoms with Crippen molar-refractivity contribution in [1.29, 1.82) is 0 Å². The zero-order valence-electron chi connectivity index (χ0n) is 13.4. The molecule has 0 saturated heterocycles. The number of rotatable bonds is 3. The molecule has 0 aliphatic heterocycles. The molecule has 26 heavy (non-hydrogen) atoms. The zero-order valence-corrected chi connectivity index (χ0v) is 14.9. The Labute approximate surface area is 157 Å². The number of benzene rings is 2. The molecular formula is C20H12ClNO3S. The van der Waals surface area contributed by atoms with Gasteiger partial charge in [-0.2, -0.15) is 0 Å². The van der Waals surface area contributed by atoms with Crippen LogP contribution in [-0.2, 0) is 0 Å². The van der Waals surface area contributed by atoms with E-state index < -0.39 is 0 Å². The number of thiophene rings is 1. The summed E-state index contributed by atoms with van der Waals surface area (Å²) >= 11 is 7.27. The van der Waals surface area contributed by atoms with Crippen molar-refractivity contribution in [2.45, 2.75) is 0 Å². The molecule has 2 aromatic carbocycles. The van der Waals surface area contributed by atoms with Gasteiger partial charge < -0.3 is 4.42 Å². The lowest BCUT2D eigenvalue weighted by Crippen LogP contribution is -2.15. The van der Waals surface area contributed by atoms with Gasteiger partial charge >= 0.3 is 0 Å². The number of para-hydroxylation sites is 1. The lowest BCUT2D eigenvalue weighted by molar-refractivity contribution is 0.102. The molecule has 1 N–H and O–H groups in total. The van der Waals surface area contributed by atoms with E-state index in [1.807, 2.05) is 5.38 Å². The molecule has 0 aliphatic rings. The highest BCUT2D eigenvalue weighted by Crippen LogP contribution is 2.30. The van der Waals surface area contributed by atoms with Gasteiger partial charge in [-0.1, -0.05) is 41.9 Å². The van der Waals surface area contributed by atoms with Crippen molar-refractivity contribution in [2.24, 2.45) is 0 Å². The molecule has 0 bridgehead atoms. The van der Waals surface area contributed by atoms with Gasteiger partial charge in [0.2, 0.25) is 11.3 Å². The first-order valence-corrected chi connectivity index (χ1v) is 9.06. The van der Waals surface area contributed by atoms with Gasteiger partial charge in [-0.05, 0) is 41.3 Å². The van der Waals surface area contributed by atoms with Crippen molar-refractivity contribution in [3.8, 4) is 11.1 Å². The largest absolute Gasteiger partial charge is 0.439 e. The number of hydrogen-bond donors (Lipinski definition) is 1. The van der Waals surface area contributed by atoms with Crippen LogP contribution in [0.15, 0.2) is 75.3 Å². The minimum Gasteiger partial charge on any atom is -0.439 e. The molecule has 1 amide bonds. The number of nitrogens with one attached hydrogen (secondary N) is 1. The topological polar surface area (TPSA) is 59.3 Å². The van der Waals surface area contributed by atoms with Crippen molar-refractivity contribution < 1.29 is 9.21 Å². The molecule has 0 spiro atoms. The molecule has 2 heterocycles. The van der Waals surface area contributed by atoms with E-state index in [0.29, 0.717) is 32.0 Å². The average molecular weight is 382 g/mol. The maximum atomic E-state index is 13.1. The molecule has 0 atom stereocenters. The molecule has 2 aromatic heterocycles. The number of anilines is 1. The third-order valence-electron chi connectivity index (χ3n) is 3.90. The van der Waals surface area contributed by atoms with Crippen LogP contribution >= 0.6 is 22.9 Å². The second-order valence-electron chi connectivity index (χ2n) is 5.57. The van der Waals surface area contributed by atoms with Gasteiger partial charge in [0.1, 0.15) is 5.58 Å². The summed E-state index contributed by atoms with van der Waals surface area (Å²) in [5, 5.41) is 5.55. The van der Waals surface area contributed by atoms with E-state index >= 15 is 0 Å². The number of carbonyl (C=O) groups is 1. The van der Waals surface area contributed by atoms with Gasteiger partial charge in [-0.3, -0.25) is 14.9 Å². The summed E-state index contributed by atoms with van der Waals surface area (Å²) in [6.45, 7) is 0. The van der Waals surface area contributed by atoms with Gasteiger partial charge in [0.15, 0.2) is 0 Å². The van der Waals surface area contributed by atoms with Crippen LogP contribution in [0.1, 0.15) is 9.67 Å². The van der Waals surface area contributed by atoms with Crippen molar-refractivity contribution in [3.05, 3.63) is 86.2 Å². The molecule has 6 heteroatoms. The normalized spacial score (nSPS) is 10.8. The molecule has 128 valence electrons. The summed E-state index contributed by atoms with van der Waals surface area (Å²) in [5.41, 5.74) is 1.12. The second-order valence-corrected chi connectivity index (χ2v) is 6.95. The average Bonchev–Trinajstić information content (AvgIpc) is 3.18. The van der Waals surface area contributed by atoms with E-state index in [-0.39, 0.29) is 17.2 Å². The Bertz CT molecular complexity index is 1150. The lowest BCUT2D eigenvalue weighted by atomic mass is 10.0. The molecular weight excluding hydrogens is 370 g/mol. The van der Waals surface area contributed by atoms with E-state index in [2.05, 4.69) is 5.32 Å². The van der Waals surface area contributed by atoms with Gasteiger partial charge in [0.05, 0.1) is 15.8 Å². The van der Waals surface area contributed by atoms with Crippen LogP contribution in [-0.4, -0.2) is 5.91 Å². The number of hydrogen-bond acceptors (Lipinski definition) is 4. The number of amides is 1. The Morgan fingerprint density at radius 3 is 2.50 bits per heavy atom. The lowest BCUT2D eigenvalue weighted by Gasteiger charge is -2.11. The van der Waals surface area contributed by atoms with E-state index in [1.165, 1.54) is 11.3 Å². The minimum absolute atomic E-state index is 0.120. The molecule has 0 fully saturated rings. The fourth-order valence-corrected chi connectivity index (χ4v) is 3.43. The van der Waals surface area contributed by atoms with Gasteiger partial charge in [0.25, 0.3) is 5.91 Å². The molecule has 0 unspecified atom stereocenters. The Morgan fingerprint density at radius 2 is 1.77 bits per heavy atom. The third kappa shape index (κ3) is 3.03. The summed E-state index contributed by atoms with van der Waals surface area (Å²) in [6, 6.07) is 17.3. The van der Waals surface area contributed by atoms with Gasteiger partial charge in [-0.15, -0.1) is 11.3 Å². The van der Waals surface area contributed by atoms with Crippen molar-refractivity contribution >= 4 is 45.7 Å². The molecule has 4 aromatic rings. The quantitative estimate of drug-likeness (QED) is 0.515. The SMILES string of the molecule is O=C(Nc1oc2ccccc2c(=O)c1-c1ccc(Cl)cc1)c1cccs1. The first-order chi connectivity index (χ1) is 12.6. The van der Waals surface area contributed by atoms with Crippen LogP contribution in [0, 0.1) is 0 Å². The highest BCUT2D eigenvalue weighted by atomic mass is 35.5. The summed E-state index contributed by atoms with van der Waals surface area (Å²) in [5.74, 6) is -0.205. The van der Waals surface area contributed by atoms with Crippen molar-refractivity contribution in [3.63, 3.8) is 0 Å². The maximum Gasteiger partial charge on any atom is 0.268 e. The monoisotopic (exact) mass is 381 g/mol.